The third-order valence-electron chi connectivity index (χ3n) is 5.14. The Kier molecular flexibility index (Phi) is 9.64. The first kappa shape index (κ1) is 26.9. The number of carboxylic acids is 1. The minimum atomic E-state index is -2.87. The molecule has 0 spiro atoms. The zero-order valence-corrected chi connectivity index (χ0v) is 20.6. The average molecular weight is 518 g/mol. The van der Waals surface area contributed by atoms with Crippen LogP contribution in [0.3, 0.4) is 0 Å². The molecule has 0 aliphatic heterocycles. The Labute approximate surface area is 213 Å². The van der Waals surface area contributed by atoms with Crippen LogP contribution in [0.5, 0.6) is 23.1 Å². The summed E-state index contributed by atoms with van der Waals surface area (Å²) in [6.07, 6.45) is 5.30. The molecule has 1 aromatic heterocycles. The number of halogens is 3. The number of rotatable bonds is 12. The molecule has 2 aromatic carbocycles. The second-order valence-corrected chi connectivity index (χ2v) is 8.38. The number of carboxylic acid groups (broad SMARTS) is 1. The van der Waals surface area contributed by atoms with Gasteiger partial charge >= 0.3 is 12.6 Å². The number of hydrogen-bond donors (Lipinski definition) is 1. The van der Waals surface area contributed by atoms with E-state index in [1.165, 1.54) is 18.3 Å². The third-order valence-corrected chi connectivity index (χ3v) is 5.42. The summed E-state index contributed by atoms with van der Waals surface area (Å²) < 4.78 is 40.3. The summed E-state index contributed by atoms with van der Waals surface area (Å²) in [5.41, 5.74) is 2.52. The second-order valence-electron chi connectivity index (χ2n) is 7.97. The average Bonchev–Trinajstić information content (AvgIpc) is 2.84. The summed E-state index contributed by atoms with van der Waals surface area (Å²) in [5.74, 6) is 0.354. The third kappa shape index (κ3) is 7.95. The Balaban J connectivity index is 1.63. The largest absolute Gasteiger partial charge is 0.487 e. The molecule has 0 atom stereocenters. The molecule has 0 unspecified atom stereocenters. The fourth-order valence-corrected chi connectivity index (χ4v) is 3.64. The highest BCUT2D eigenvalue weighted by atomic mass is 35.5. The minimum absolute atomic E-state index is 0.0775. The lowest BCUT2D eigenvalue weighted by molar-refractivity contribution is -0.132. The van der Waals surface area contributed by atoms with Gasteiger partial charge in [-0.25, -0.2) is 9.78 Å². The van der Waals surface area contributed by atoms with Crippen LogP contribution in [-0.2, 0) is 11.4 Å². The first-order valence-electron chi connectivity index (χ1n) is 11.3. The van der Waals surface area contributed by atoms with Crippen molar-refractivity contribution in [2.75, 3.05) is 0 Å². The quantitative estimate of drug-likeness (QED) is 0.248. The van der Waals surface area contributed by atoms with Crippen LogP contribution in [0.2, 0.25) is 5.02 Å². The van der Waals surface area contributed by atoms with Crippen LogP contribution in [-0.4, -0.2) is 22.7 Å². The molecule has 1 heterocycles. The van der Waals surface area contributed by atoms with E-state index in [4.69, 9.17) is 21.1 Å². The molecule has 0 aliphatic rings. The zero-order valence-electron chi connectivity index (χ0n) is 19.8. The standard InChI is InChI=1S/C27H26ClF2NO5/c1-3-4-5-20(26(32)33)13-19-12-17(2)25(23(28)14-19)36-24-11-10-22(15-31-24)34-16-18-6-8-21(9-7-18)35-27(29)30/h6-15,27H,3-5,16H2,1-2H3,(H,32,33). The van der Waals surface area contributed by atoms with Crippen molar-refractivity contribution in [2.45, 2.75) is 46.3 Å². The van der Waals surface area contributed by atoms with Gasteiger partial charge in [0, 0.05) is 11.6 Å². The number of benzene rings is 2. The van der Waals surface area contributed by atoms with Gasteiger partial charge < -0.3 is 19.3 Å². The topological polar surface area (TPSA) is 77.9 Å². The molecule has 0 fully saturated rings. The summed E-state index contributed by atoms with van der Waals surface area (Å²) in [5, 5.41) is 9.78. The number of aryl methyl sites for hydroxylation is 1. The molecule has 0 saturated carbocycles. The molecule has 0 bridgehead atoms. The molecule has 190 valence electrons. The highest BCUT2D eigenvalue weighted by Crippen LogP contribution is 2.34. The molecule has 0 radical (unpaired) electrons. The van der Waals surface area contributed by atoms with E-state index < -0.39 is 12.6 Å². The van der Waals surface area contributed by atoms with Crippen molar-refractivity contribution >= 4 is 23.6 Å². The summed E-state index contributed by atoms with van der Waals surface area (Å²) in [7, 11) is 0. The summed E-state index contributed by atoms with van der Waals surface area (Å²) in [6.45, 7) is 1.18. The van der Waals surface area contributed by atoms with E-state index >= 15 is 0 Å². The first-order valence-corrected chi connectivity index (χ1v) is 11.7. The van der Waals surface area contributed by atoms with E-state index in [1.807, 2.05) is 19.9 Å². The summed E-state index contributed by atoms with van der Waals surface area (Å²) >= 11 is 6.43. The molecule has 0 aliphatic carbocycles. The van der Waals surface area contributed by atoms with Gasteiger partial charge in [-0.05, 0) is 72.9 Å². The maximum absolute atomic E-state index is 12.2. The Morgan fingerprint density at radius 2 is 1.86 bits per heavy atom. The van der Waals surface area contributed by atoms with Crippen molar-refractivity contribution < 1.29 is 32.9 Å². The number of unbranched alkanes of at least 4 members (excludes halogenated alkanes) is 1. The number of carbonyl (C=O) groups is 1. The summed E-state index contributed by atoms with van der Waals surface area (Å²) in [6, 6.07) is 12.9. The lowest BCUT2D eigenvalue weighted by atomic mass is 10.0. The van der Waals surface area contributed by atoms with Crippen LogP contribution in [0.15, 0.2) is 60.3 Å². The first-order chi connectivity index (χ1) is 17.2. The van der Waals surface area contributed by atoms with Gasteiger partial charge in [0.1, 0.15) is 18.1 Å². The number of pyridine rings is 1. The molecule has 3 rings (SSSR count). The van der Waals surface area contributed by atoms with E-state index in [2.05, 4.69) is 9.72 Å². The number of hydrogen-bond acceptors (Lipinski definition) is 5. The fourth-order valence-electron chi connectivity index (χ4n) is 3.33. The maximum Gasteiger partial charge on any atom is 0.387 e. The second kappa shape index (κ2) is 12.9. The highest BCUT2D eigenvalue weighted by molar-refractivity contribution is 6.32. The van der Waals surface area contributed by atoms with E-state index in [9.17, 15) is 18.7 Å². The number of nitrogens with zero attached hydrogens (tertiary/aromatic N) is 1. The molecule has 1 N–H and O–H groups in total. The monoisotopic (exact) mass is 517 g/mol. The molecule has 0 saturated heterocycles. The van der Waals surface area contributed by atoms with Crippen molar-refractivity contribution in [3.05, 3.63) is 82.0 Å². The summed E-state index contributed by atoms with van der Waals surface area (Å²) in [4.78, 5) is 15.8. The Hall–Kier alpha value is -3.65. The van der Waals surface area contributed by atoms with Gasteiger partial charge in [0.25, 0.3) is 0 Å². The molecule has 0 amide bonds. The van der Waals surface area contributed by atoms with Gasteiger partial charge in [-0.2, -0.15) is 8.78 Å². The molecule has 9 heteroatoms. The van der Waals surface area contributed by atoms with Gasteiger partial charge in [-0.15, -0.1) is 0 Å². The van der Waals surface area contributed by atoms with Crippen LogP contribution >= 0.6 is 11.6 Å². The smallest absolute Gasteiger partial charge is 0.387 e. The molecule has 36 heavy (non-hydrogen) atoms. The highest BCUT2D eigenvalue weighted by Gasteiger charge is 2.12. The Morgan fingerprint density at radius 1 is 1.14 bits per heavy atom. The van der Waals surface area contributed by atoms with Gasteiger partial charge in [0.15, 0.2) is 5.75 Å². The van der Waals surface area contributed by atoms with Gasteiger partial charge in [-0.3, -0.25) is 0 Å². The normalized spacial score (nSPS) is 11.4. The molecule has 6 nitrogen and oxygen atoms in total. The van der Waals surface area contributed by atoms with Crippen LogP contribution < -0.4 is 14.2 Å². The van der Waals surface area contributed by atoms with Crippen molar-refractivity contribution in [3.8, 4) is 23.1 Å². The number of aliphatic carboxylic acids is 1. The molecular formula is C27H26ClF2NO5. The van der Waals surface area contributed by atoms with Crippen molar-refractivity contribution in [1.82, 2.24) is 4.98 Å². The van der Waals surface area contributed by atoms with E-state index in [0.29, 0.717) is 40.0 Å². The lowest BCUT2D eigenvalue weighted by Crippen LogP contribution is -2.02. The van der Waals surface area contributed by atoms with E-state index in [-0.39, 0.29) is 12.4 Å². The van der Waals surface area contributed by atoms with Crippen LogP contribution in [0.1, 0.15) is 42.9 Å². The predicted octanol–water partition coefficient (Wildman–Crippen LogP) is 7.67. The van der Waals surface area contributed by atoms with Crippen LogP contribution in [0, 0.1) is 6.92 Å². The SMILES string of the molecule is CCCCC(=Cc1cc(C)c(Oc2ccc(OCc3ccc(OC(F)F)cc3)cn2)c(Cl)c1)C(=O)O. The number of aromatic nitrogens is 1. The van der Waals surface area contributed by atoms with Gasteiger partial charge in [-0.1, -0.05) is 37.1 Å². The van der Waals surface area contributed by atoms with Gasteiger partial charge in [0.05, 0.1) is 11.2 Å². The zero-order chi connectivity index (χ0) is 26.1. The van der Waals surface area contributed by atoms with Crippen LogP contribution in [0.4, 0.5) is 8.78 Å². The number of ether oxygens (including phenoxy) is 3. The van der Waals surface area contributed by atoms with Crippen LogP contribution in [0.25, 0.3) is 6.08 Å². The minimum Gasteiger partial charge on any atom is -0.487 e. The Morgan fingerprint density at radius 3 is 2.44 bits per heavy atom. The lowest BCUT2D eigenvalue weighted by Gasteiger charge is -2.12. The van der Waals surface area contributed by atoms with Crippen molar-refractivity contribution in [3.63, 3.8) is 0 Å². The number of alkyl halides is 2. The molecular weight excluding hydrogens is 492 g/mol. The maximum atomic E-state index is 12.2. The van der Waals surface area contributed by atoms with E-state index in [0.717, 1.165) is 24.0 Å². The molecule has 3 aromatic rings. The Bertz CT molecular complexity index is 1170. The van der Waals surface area contributed by atoms with Crippen molar-refractivity contribution in [1.29, 1.82) is 0 Å². The predicted molar refractivity (Wildman–Crippen MR) is 133 cm³/mol. The van der Waals surface area contributed by atoms with Crippen molar-refractivity contribution in [2.24, 2.45) is 0 Å². The fraction of sp³-hybridized carbons (Fsp3) is 0.259. The van der Waals surface area contributed by atoms with Gasteiger partial charge in [0.2, 0.25) is 5.88 Å². The van der Waals surface area contributed by atoms with E-state index in [1.54, 1.807) is 36.4 Å².